The molecule has 0 aromatic heterocycles. The van der Waals surface area contributed by atoms with Gasteiger partial charge in [-0.3, -0.25) is 4.31 Å². The molecule has 0 atom stereocenters. The maximum Gasteiger partial charge on any atom is 0.264 e. The molecule has 3 rings (SSSR count). The van der Waals surface area contributed by atoms with E-state index in [0.717, 1.165) is 14.3 Å². The summed E-state index contributed by atoms with van der Waals surface area (Å²) in [4.78, 5) is 0.314. The van der Waals surface area contributed by atoms with Gasteiger partial charge in [-0.25, -0.2) is 8.42 Å². The quantitative estimate of drug-likeness (QED) is 0.521. The van der Waals surface area contributed by atoms with Crippen LogP contribution in [-0.2, 0) is 10.0 Å². The number of benzene rings is 3. The van der Waals surface area contributed by atoms with E-state index in [2.05, 4.69) is 22.6 Å². The molecule has 0 aliphatic heterocycles. The van der Waals surface area contributed by atoms with E-state index in [-0.39, 0.29) is 6.04 Å². The predicted octanol–water partition coefficient (Wildman–Crippen LogP) is 5.05. The number of anilines is 1. The topological polar surface area (TPSA) is 37.4 Å². The summed E-state index contributed by atoms with van der Waals surface area (Å²) < 4.78 is 29.0. The van der Waals surface area contributed by atoms with Crippen LogP contribution in [0, 0.1) is 3.57 Å². The van der Waals surface area contributed by atoms with Crippen molar-refractivity contribution in [3.63, 3.8) is 0 Å². The highest BCUT2D eigenvalue weighted by Gasteiger charge is 2.27. The zero-order valence-electron chi connectivity index (χ0n) is 13.5. The van der Waals surface area contributed by atoms with Gasteiger partial charge >= 0.3 is 0 Å². The third kappa shape index (κ3) is 3.28. The number of fused-ring (bicyclic) bond motifs is 1. The van der Waals surface area contributed by atoms with E-state index in [1.54, 1.807) is 12.1 Å². The highest BCUT2D eigenvalue weighted by molar-refractivity contribution is 14.1. The van der Waals surface area contributed by atoms with Gasteiger partial charge in [0.15, 0.2) is 0 Å². The Bertz CT molecular complexity index is 983. The number of nitrogens with zero attached hydrogens (tertiary/aromatic N) is 1. The summed E-state index contributed by atoms with van der Waals surface area (Å²) >= 11 is 2.20. The Labute approximate surface area is 156 Å². The van der Waals surface area contributed by atoms with Gasteiger partial charge in [0.05, 0.1) is 10.6 Å². The SMILES string of the molecule is CC(C)N(c1cccc(I)c1)S(=O)(=O)c1ccc2ccccc2c1. The second-order valence-electron chi connectivity index (χ2n) is 5.88. The maximum absolute atomic E-state index is 13.3. The highest BCUT2D eigenvalue weighted by atomic mass is 127. The van der Waals surface area contributed by atoms with Crippen LogP contribution in [0.3, 0.4) is 0 Å². The summed E-state index contributed by atoms with van der Waals surface area (Å²) in [5.41, 5.74) is 0.685. The zero-order valence-corrected chi connectivity index (χ0v) is 16.5. The van der Waals surface area contributed by atoms with Crippen molar-refractivity contribution < 1.29 is 8.42 Å². The molecule has 3 nitrogen and oxygen atoms in total. The van der Waals surface area contributed by atoms with Crippen LogP contribution in [-0.4, -0.2) is 14.5 Å². The molecule has 0 spiro atoms. The van der Waals surface area contributed by atoms with E-state index in [4.69, 9.17) is 0 Å². The lowest BCUT2D eigenvalue weighted by Crippen LogP contribution is -2.37. The molecule has 5 heteroatoms. The van der Waals surface area contributed by atoms with Crippen molar-refractivity contribution >= 4 is 49.1 Å². The third-order valence-corrected chi connectivity index (χ3v) is 6.48. The molecule has 0 amide bonds. The first-order chi connectivity index (χ1) is 11.4. The van der Waals surface area contributed by atoms with E-state index in [9.17, 15) is 8.42 Å². The molecule has 3 aromatic carbocycles. The Balaban J connectivity index is 2.14. The molecule has 3 aromatic rings. The lowest BCUT2D eigenvalue weighted by atomic mass is 10.1. The van der Waals surface area contributed by atoms with E-state index >= 15 is 0 Å². The van der Waals surface area contributed by atoms with Gasteiger partial charge in [-0.2, -0.15) is 0 Å². The van der Waals surface area contributed by atoms with Gasteiger partial charge in [0.1, 0.15) is 0 Å². The van der Waals surface area contributed by atoms with Crippen LogP contribution in [0.4, 0.5) is 5.69 Å². The second kappa shape index (κ2) is 6.72. The summed E-state index contributed by atoms with van der Waals surface area (Å²) in [6, 6.07) is 20.4. The van der Waals surface area contributed by atoms with Crippen molar-refractivity contribution in [1.29, 1.82) is 0 Å². The van der Waals surface area contributed by atoms with Crippen molar-refractivity contribution in [2.75, 3.05) is 4.31 Å². The Morgan fingerprint density at radius 1 is 0.875 bits per heavy atom. The van der Waals surface area contributed by atoms with Gasteiger partial charge in [-0.15, -0.1) is 0 Å². The molecular weight excluding hydrogens is 433 g/mol. The average Bonchev–Trinajstić information content (AvgIpc) is 2.54. The third-order valence-electron chi connectivity index (χ3n) is 3.81. The smallest absolute Gasteiger partial charge is 0.264 e. The maximum atomic E-state index is 13.3. The average molecular weight is 451 g/mol. The monoisotopic (exact) mass is 451 g/mol. The van der Waals surface area contributed by atoms with Crippen molar-refractivity contribution in [3.8, 4) is 0 Å². The number of hydrogen-bond donors (Lipinski definition) is 0. The van der Waals surface area contributed by atoms with Crippen molar-refractivity contribution in [2.24, 2.45) is 0 Å². The fourth-order valence-electron chi connectivity index (χ4n) is 2.77. The second-order valence-corrected chi connectivity index (χ2v) is 8.94. The van der Waals surface area contributed by atoms with Crippen LogP contribution in [0.2, 0.25) is 0 Å². The minimum atomic E-state index is -3.63. The summed E-state index contributed by atoms with van der Waals surface area (Å²) in [6.07, 6.45) is 0. The highest BCUT2D eigenvalue weighted by Crippen LogP contribution is 2.29. The van der Waals surface area contributed by atoms with Gasteiger partial charge < -0.3 is 0 Å². The van der Waals surface area contributed by atoms with E-state index < -0.39 is 10.0 Å². The normalized spacial score (nSPS) is 11.8. The first-order valence-electron chi connectivity index (χ1n) is 7.68. The number of hydrogen-bond acceptors (Lipinski definition) is 2. The van der Waals surface area contributed by atoms with Crippen LogP contribution in [0.25, 0.3) is 10.8 Å². The van der Waals surface area contributed by atoms with E-state index in [0.29, 0.717) is 10.6 Å². The molecule has 0 saturated heterocycles. The summed E-state index contributed by atoms with van der Waals surface area (Å²) in [5.74, 6) is 0. The minimum absolute atomic E-state index is 0.181. The largest absolute Gasteiger partial charge is 0.264 e. The first-order valence-corrected chi connectivity index (χ1v) is 10.2. The van der Waals surface area contributed by atoms with Crippen LogP contribution in [0.15, 0.2) is 71.6 Å². The fourth-order valence-corrected chi connectivity index (χ4v) is 4.98. The summed E-state index contributed by atoms with van der Waals surface area (Å²) in [5, 5.41) is 1.95. The Morgan fingerprint density at radius 3 is 2.25 bits per heavy atom. The Kier molecular flexibility index (Phi) is 4.83. The van der Waals surface area contributed by atoms with Crippen LogP contribution < -0.4 is 4.31 Å². The molecule has 124 valence electrons. The van der Waals surface area contributed by atoms with Crippen molar-refractivity contribution in [3.05, 3.63) is 70.3 Å². The molecular formula is C19H18INO2S. The van der Waals surface area contributed by atoms with Crippen molar-refractivity contribution in [2.45, 2.75) is 24.8 Å². The van der Waals surface area contributed by atoms with Gasteiger partial charge in [0.25, 0.3) is 10.0 Å². The molecule has 0 radical (unpaired) electrons. The lowest BCUT2D eigenvalue weighted by Gasteiger charge is -2.28. The van der Waals surface area contributed by atoms with Gasteiger partial charge in [-0.05, 0) is 77.5 Å². The molecule has 24 heavy (non-hydrogen) atoms. The van der Waals surface area contributed by atoms with Crippen LogP contribution in [0.1, 0.15) is 13.8 Å². The van der Waals surface area contributed by atoms with Crippen LogP contribution >= 0.6 is 22.6 Å². The van der Waals surface area contributed by atoms with E-state index in [1.165, 1.54) is 4.31 Å². The Hall–Kier alpha value is -1.60. The van der Waals surface area contributed by atoms with E-state index in [1.807, 2.05) is 68.4 Å². The van der Waals surface area contributed by atoms with Crippen LogP contribution in [0.5, 0.6) is 0 Å². The molecule has 0 aliphatic rings. The fraction of sp³-hybridized carbons (Fsp3) is 0.158. The molecule has 0 saturated carbocycles. The van der Waals surface area contributed by atoms with Gasteiger partial charge in [0, 0.05) is 9.61 Å². The molecule has 0 aliphatic carbocycles. The molecule has 0 fully saturated rings. The number of halogens is 1. The molecule has 0 unspecified atom stereocenters. The van der Waals surface area contributed by atoms with Gasteiger partial charge in [-0.1, -0.05) is 36.4 Å². The lowest BCUT2D eigenvalue weighted by molar-refractivity contribution is 0.584. The number of sulfonamides is 1. The zero-order chi connectivity index (χ0) is 17.3. The predicted molar refractivity (Wildman–Crippen MR) is 108 cm³/mol. The standard InChI is InChI=1S/C19H18INO2S/c1-14(2)21(18-9-5-8-17(20)13-18)24(22,23)19-11-10-15-6-3-4-7-16(15)12-19/h3-14H,1-2H3. The molecule has 0 bridgehead atoms. The molecule has 0 heterocycles. The first kappa shape index (κ1) is 17.2. The Morgan fingerprint density at radius 2 is 1.58 bits per heavy atom. The van der Waals surface area contributed by atoms with Crippen molar-refractivity contribution in [1.82, 2.24) is 0 Å². The molecule has 0 N–H and O–H groups in total. The summed E-state index contributed by atoms with van der Waals surface area (Å²) in [6.45, 7) is 3.77. The summed E-state index contributed by atoms with van der Waals surface area (Å²) in [7, 11) is -3.63. The minimum Gasteiger partial charge on any atom is -0.264 e. The van der Waals surface area contributed by atoms with Gasteiger partial charge in [0.2, 0.25) is 0 Å². The number of rotatable bonds is 4.